The molecule has 4 rings (SSSR count). The van der Waals surface area contributed by atoms with Crippen LogP contribution in [0.5, 0.6) is 0 Å². The number of benzene rings is 3. The molecule has 3 aromatic rings. The van der Waals surface area contributed by atoms with Crippen molar-refractivity contribution in [1.29, 1.82) is 0 Å². The van der Waals surface area contributed by atoms with E-state index in [0.717, 1.165) is 0 Å². The van der Waals surface area contributed by atoms with Crippen molar-refractivity contribution < 1.29 is 18.9 Å². The molecule has 0 bridgehead atoms. The maximum atomic E-state index is 15.2. The Morgan fingerprint density at radius 2 is 1.76 bits per heavy atom. The Kier molecular flexibility index (Phi) is 5.74. The van der Waals surface area contributed by atoms with Crippen LogP contribution in [0.25, 0.3) is 23.3 Å². The van der Waals surface area contributed by atoms with Gasteiger partial charge >= 0.3 is 0 Å². The molecule has 3 aromatic carbocycles. The average molecular weight is 445 g/mol. The summed E-state index contributed by atoms with van der Waals surface area (Å²) in [5.41, 5.74) is 3.06. The summed E-state index contributed by atoms with van der Waals surface area (Å²) in [6, 6.07) is 14.0. The van der Waals surface area contributed by atoms with Gasteiger partial charge < -0.3 is 10.2 Å². The molecular weight excluding hydrogens is 425 g/mol. The average Bonchev–Trinajstić information content (AvgIpc) is 2.80. The third-order valence-corrected chi connectivity index (χ3v) is 5.58. The number of carbonyl (C=O) groups is 2. The third kappa shape index (κ3) is 4.10. The highest BCUT2D eigenvalue weighted by atomic mass is 19.1. The molecule has 166 valence electrons. The molecule has 0 radical (unpaired) electrons. The number of hydrogen-bond donors (Lipinski definition) is 1. The number of fused-ring (bicyclic) bond motifs is 2. The van der Waals surface area contributed by atoms with Gasteiger partial charge in [-0.1, -0.05) is 30.4 Å². The Balaban J connectivity index is 1.89. The van der Waals surface area contributed by atoms with E-state index in [-0.39, 0.29) is 29.6 Å². The number of halogens is 1. The van der Waals surface area contributed by atoms with Crippen LogP contribution < -0.4 is 10.2 Å². The second kappa shape index (κ2) is 8.66. The second-order valence-electron chi connectivity index (χ2n) is 7.59. The van der Waals surface area contributed by atoms with Gasteiger partial charge in [-0.25, -0.2) is 4.39 Å². The molecule has 0 unspecified atom stereocenters. The number of rotatable bonds is 3. The van der Waals surface area contributed by atoms with Gasteiger partial charge in [0.25, 0.3) is 11.6 Å². The van der Waals surface area contributed by atoms with Crippen LogP contribution in [0.15, 0.2) is 54.6 Å². The molecule has 0 spiro atoms. The minimum absolute atomic E-state index is 0.0819. The molecule has 1 N–H and O–H groups in total. The fourth-order valence-corrected chi connectivity index (χ4v) is 3.92. The number of nitrogens with one attached hydrogen (secondary N) is 1. The molecule has 0 fully saturated rings. The highest BCUT2D eigenvalue weighted by molar-refractivity contribution is 6.01. The molecule has 0 atom stereocenters. The lowest BCUT2D eigenvalue weighted by Gasteiger charge is -2.26. The molecule has 0 saturated heterocycles. The van der Waals surface area contributed by atoms with E-state index in [9.17, 15) is 19.7 Å². The Labute approximate surface area is 189 Å². The number of hydrogen-bond acceptors (Lipinski definition) is 4. The molecule has 0 aliphatic carbocycles. The number of nitrogens with zero attached hydrogens (tertiary/aromatic N) is 2. The molecule has 1 aliphatic rings. The maximum absolute atomic E-state index is 15.2. The molecule has 1 heterocycles. The fourth-order valence-electron chi connectivity index (χ4n) is 3.92. The number of non-ortho nitro benzene ring substituents is 1. The van der Waals surface area contributed by atoms with Crippen molar-refractivity contribution in [3.8, 4) is 11.1 Å². The largest absolute Gasteiger partial charge is 0.355 e. The highest BCUT2D eigenvalue weighted by Gasteiger charge is 2.23. The van der Waals surface area contributed by atoms with Crippen LogP contribution in [-0.4, -0.2) is 23.8 Å². The maximum Gasteiger partial charge on any atom is 0.271 e. The first kappa shape index (κ1) is 21.9. The quantitative estimate of drug-likeness (QED) is 0.463. The van der Waals surface area contributed by atoms with Gasteiger partial charge in [0.2, 0.25) is 5.91 Å². The summed E-state index contributed by atoms with van der Waals surface area (Å²) >= 11 is 0. The molecule has 8 heteroatoms. The van der Waals surface area contributed by atoms with Gasteiger partial charge in [-0.2, -0.15) is 0 Å². The van der Waals surface area contributed by atoms with Crippen LogP contribution >= 0.6 is 0 Å². The first-order valence-electron chi connectivity index (χ1n) is 10.2. The van der Waals surface area contributed by atoms with Crippen LogP contribution in [0, 0.1) is 15.9 Å². The van der Waals surface area contributed by atoms with E-state index < -0.39 is 10.7 Å². The van der Waals surface area contributed by atoms with E-state index in [0.29, 0.717) is 33.5 Å². The van der Waals surface area contributed by atoms with Crippen molar-refractivity contribution >= 4 is 35.3 Å². The molecule has 33 heavy (non-hydrogen) atoms. The van der Waals surface area contributed by atoms with Crippen molar-refractivity contribution in [3.63, 3.8) is 0 Å². The van der Waals surface area contributed by atoms with Crippen molar-refractivity contribution in [2.75, 3.05) is 11.9 Å². The molecule has 0 aromatic heterocycles. The Morgan fingerprint density at radius 1 is 1.03 bits per heavy atom. The highest BCUT2D eigenvalue weighted by Crippen LogP contribution is 2.35. The number of carbonyl (C=O) groups excluding carboxylic acids is 2. The zero-order chi connectivity index (χ0) is 23.7. The summed E-state index contributed by atoms with van der Waals surface area (Å²) in [5.74, 6) is -1.16. The van der Waals surface area contributed by atoms with Crippen LogP contribution in [0.4, 0.5) is 15.8 Å². The molecule has 2 amide bonds. The van der Waals surface area contributed by atoms with Gasteiger partial charge in [-0.15, -0.1) is 0 Å². The van der Waals surface area contributed by atoms with Gasteiger partial charge in [0, 0.05) is 37.2 Å². The number of nitro benzene ring substituents is 1. The first-order chi connectivity index (χ1) is 15.8. The number of amides is 2. The van der Waals surface area contributed by atoms with Gasteiger partial charge in [0.1, 0.15) is 5.82 Å². The predicted molar refractivity (Wildman–Crippen MR) is 124 cm³/mol. The van der Waals surface area contributed by atoms with Crippen LogP contribution in [-0.2, 0) is 11.3 Å². The van der Waals surface area contributed by atoms with Gasteiger partial charge in [0.05, 0.1) is 17.2 Å². The SMILES string of the molecule is CNC(=O)c1ccccc1-c1cc2c(cc1F)C=Cc1ccc([N+](=O)[O-])cc1N(C(C)=O)C2. The second-order valence-corrected chi connectivity index (χ2v) is 7.59. The Hall–Kier alpha value is -4.33. The van der Waals surface area contributed by atoms with E-state index in [1.54, 1.807) is 48.6 Å². The van der Waals surface area contributed by atoms with Crippen molar-refractivity contribution in [2.45, 2.75) is 13.5 Å². The lowest BCUT2D eigenvalue weighted by Crippen LogP contribution is -2.29. The Bertz CT molecular complexity index is 1330. The van der Waals surface area contributed by atoms with E-state index >= 15 is 4.39 Å². The van der Waals surface area contributed by atoms with E-state index in [1.807, 2.05) is 0 Å². The third-order valence-electron chi connectivity index (χ3n) is 5.58. The zero-order valence-electron chi connectivity index (χ0n) is 18.0. The normalized spacial score (nSPS) is 12.3. The number of nitro groups is 1. The monoisotopic (exact) mass is 445 g/mol. The van der Waals surface area contributed by atoms with Crippen molar-refractivity contribution in [1.82, 2.24) is 5.32 Å². The Morgan fingerprint density at radius 3 is 2.45 bits per heavy atom. The minimum atomic E-state index is -0.516. The lowest BCUT2D eigenvalue weighted by molar-refractivity contribution is -0.384. The van der Waals surface area contributed by atoms with Crippen molar-refractivity contribution in [2.24, 2.45) is 0 Å². The van der Waals surface area contributed by atoms with Crippen LogP contribution in [0.1, 0.15) is 34.0 Å². The van der Waals surface area contributed by atoms with E-state index in [2.05, 4.69) is 5.32 Å². The van der Waals surface area contributed by atoms with Gasteiger partial charge in [-0.05, 0) is 46.5 Å². The minimum Gasteiger partial charge on any atom is -0.355 e. The van der Waals surface area contributed by atoms with Crippen LogP contribution in [0.2, 0.25) is 0 Å². The van der Waals surface area contributed by atoms with E-state index in [1.165, 1.54) is 37.1 Å². The fraction of sp³-hybridized carbons (Fsp3) is 0.120. The number of anilines is 1. The standard InChI is InChI=1S/C25H20FN3O4/c1-15(30)28-14-18-11-22(20-5-3-4-6-21(20)25(31)27-2)23(26)12-17(18)8-7-16-9-10-19(29(32)33)13-24(16)28/h3-13H,14H2,1-2H3,(H,27,31). The summed E-state index contributed by atoms with van der Waals surface area (Å²) in [6.07, 6.45) is 3.42. The summed E-state index contributed by atoms with van der Waals surface area (Å²) < 4.78 is 15.2. The van der Waals surface area contributed by atoms with E-state index in [4.69, 9.17) is 0 Å². The summed E-state index contributed by atoms with van der Waals surface area (Å²) in [4.78, 5) is 37.0. The lowest BCUT2D eigenvalue weighted by atomic mass is 9.93. The smallest absolute Gasteiger partial charge is 0.271 e. The van der Waals surface area contributed by atoms with Gasteiger partial charge in [0.15, 0.2) is 0 Å². The summed E-state index contributed by atoms with van der Waals surface area (Å²) in [7, 11) is 1.50. The van der Waals surface area contributed by atoms with Crippen molar-refractivity contribution in [3.05, 3.63) is 92.8 Å². The molecular formula is C25H20FN3O4. The predicted octanol–water partition coefficient (Wildman–Crippen LogP) is 4.80. The molecule has 7 nitrogen and oxygen atoms in total. The summed E-state index contributed by atoms with van der Waals surface area (Å²) in [6.45, 7) is 1.46. The zero-order valence-corrected chi connectivity index (χ0v) is 18.0. The summed E-state index contributed by atoms with van der Waals surface area (Å²) in [5, 5.41) is 13.8. The van der Waals surface area contributed by atoms with Crippen LogP contribution in [0.3, 0.4) is 0 Å². The topological polar surface area (TPSA) is 92.5 Å². The molecule has 1 aliphatic heterocycles. The first-order valence-corrected chi connectivity index (χ1v) is 10.2. The molecule has 0 saturated carbocycles. The van der Waals surface area contributed by atoms with Gasteiger partial charge in [-0.3, -0.25) is 19.7 Å².